The number of nitrogens with zero attached hydrogens (tertiary/aromatic N) is 5. The molecule has 3 aromatic rings. The molecule has 2 aliphatic rings. The standard InChI is InChI=1S/C29H30Cl2N6O3S/c1-5-40-25-22(16-33-26(34-25)41-4)24-35-28(2,18-6-10-20(30)11-7-18)29(3,19-8-12-21(31)13-9-19)37(24)27(39)36-15-14-32-23(38)17-36/h6-13,16H,5,14-15,17H2,1-4H3,(H,32,38). The normalized spacial score (nSPS) is 22.4. The van der Waals surface area contributed by atoms with E-state index in [4.69, 9.17) is 32.9 Å². The highest BCUT2D eigenvalue weighted by Gasteiger charge is 2.60. The van der Waals surface area contributed by atoms with Gasteiger partial charge >= 0.3 is 6.03 Å². The fraction of sp³-hybridized carbons (Fsp3) is 0.345. The highest BCUT2D eigenvalue weighted by molar-refractivity contribution is 7.98. The van der Waals surface area contributed by atoms with Crippen molar-refractivity contribution >= 4 is 52.7 Å². The number of benzene rings is 2. The van der Waals surface area contributed by atoms with Gasteiger partial charge in [0.25, 0.3) is 0 Å². The Morgan fingerprint density at radius 1 is 1.07 bits per heavy atom. The van der Waals surface area contributed by atoms with E-state index < -0.39 is 11.1 Å². The number of carbonyl (C=O) groups is 2. The molecule has 2 atom stereocenters. The Morgan fingerprint density at radius 3 is 2.29 bits per heavy atom. The zero-order valence-corrected chi connectivity index (χ0v) is 25.5. The summed E-state index contributed by atoms with van der Waals surface area (Å²) in [7, 11) is 0. The van der Waals surface area contributed by atoms with Crippen molar-refractivity contribution < 1.29 is 14.3 Å². The molecule has 0 aliphatic carbocycles. The predicted octanol–water partition coefficient (Wildman–Crippen LogP) is 5.35. The van der Waals surface area contributed by atoms with Gasteiger partial charge in [-0.1, -0.05) is 59.2 Å². The third-order valence-electron chi connectivity index (χ3n) is 7.69. The van der Waals surface area contributed by atoms with Crippen LogP contribution in [0.3, 0.4) is 0 Å². The van der Waals surface area contributed by atoms with Gasteiger partial charge < -0.3 is 15.0 Å². The molecule has 1 N–H and O–H groups in total. The van der Waals surface area contributed by atoms with Crippen LogP contribution in [0.5, 0.6) is 5.88 Å². The fourth-order valence-corrected chi connectivity index (χ4v) is 5.94. The fourth-order valence-electron chi connectivity index (χ4n) is 5.36. The van der Waals surface area contributed by atoms with Crippen molar-refractivity contribution in [1.29, 1.82) is 0 Å². The molecule has 0 saturated carbocycles. The van der Waals surface area contributed by atoms with E-state index in [1.165, 1.54) is 16.7 Å². The van der Waals surface area contributed by atoms with Crippen molar-refractivity contribution in [3.05, 3.63) is 81.5 Å². The van der Waals surface area contributed by atoms with Gasteiger partial charge in [-0.25, -0.2) is 9.78 Å². The van der Waals surface area contributed by atoms with Crippen LogP contribution < -0.4 is 10.1 Å². The maximum absolute atomic E-state index is 14.6. The van der Waals surface area contributed by atoms with Gasteiger partial charge in [-0.05, 0) is 62.4 Å². The second-order valence-corrected chi connectivity index (χ2v) is 11.6. The predicted molar refractivity (Wildman–Crippen MR) is 161 cm³/mol. The molecule has 2 aliphatic heterocycles. The summed E-state index contributed by atoms with van der Waals surface area (Å²) in [5.41, 5.74) is -0.00296. The van der Waals surface area contributed by atoms with Gasteiger partial charge in [-0.2, -0.15) is 4.98 Å². The van der Waals surface area contributed by atoms with E-state index >= 15 is 0 Å². The third kappa shape index (κ3) is 5.13. The average Bonchev–Trinajstić information content (AvgIpc) is 3.21. The average molecular weight is 614 g/mol. The highest BCUT2D eigenvalue weighted by atomic mass is 35.5. The summed E-state index contributed by atoms with van der Waals surface area (Å²) in [6.45, 7) is 6.81. The van der Waals surface area contributed by atoms with Crippen molar-refractivity contribution in [2.75, 3.05) is 32.5 Å². The minimum absolute atomic E-state index is 0.0722. The zero-order chi connectivity index (χ0) is 29.4. The molecule has 0 spiro atoms. The molecule has 0 radical (unpaired) electrons. The van der Waals surface area contributed by atoms with Crippen LogP contribution in [0, 0.1) is 0 Å². The van der Waals surface area contributed by atoms with Crippen molar-refractivity contribution in [2.24, 2.45) is 4.99 Å². The number of hydrogen-bond donors (Lipinski definition) is 1. The van der Waals surface area contributed by atoms with E-state index in [-0.39, 0.29) is 18.5 Å². The number of aliphatic imine (C=N–C) groups is 1. The molecule has 41 heavy (non-hydrogen) atoms. The molecule has 1 saturated heterocycles. The van der Waals surface area contributed by atoms with Gasteiger partial charge in [-0.15, -0.1) is 0 Å². The molecular formula is C29H30Cl2N6O3S. The summed E-state index contributed by atoms with van der Waals surface area (Å²) in [6.07, 6.45) is 3.52. The van der Waals surface area contributed by atoms with E-state index in [0.717, 1.165) is 11.1 Å². The Labute approximate surface area is 253 Å². The third-order valence-corrected chi connectivity index (χ3v) is 8.75. The number of aromatic nitrogens is 2. The number of ether oxygens (including phenoxy) is 1. The van der Waals surface area contributed by atoms with Crippen LogP contribution in [0.1, 0.15) is 37.5 Å². The number of nitrogens with one attached hydrogen (secondary N) is 1. The maximum atomic E-state index is 14.6. The number of amides is 3. The van der Waals surface area contributed by atoms with Crippen LogP contribution in [0.25, 0.3) is 0 Å². The molecular weight excluding hydrogens is 583 g/mol. The largest absolute Gasteiger partial charge is 0.477 e. The molecule has 214 valence electrons. The minimum Gasteiger partial charge on any atom is -0.477 e. The van der Waals surface area contributed by atoms with Crippen LogP contribution in [-0.2, 0) is 15.9 Å². The van der Waals surface area contributed by atoms with Crippen molar-refractivity contribution in [3.63, 3.8) is 0 Å². The van der Waals surface area contributed by atoms with Crippen molar-refractivity contribution in [2.45, 2.75) is 37.0 Å². The Bertz CT molecular complexity index is 1500. The molecule has 9 nitrogen and oxygen atoms in total. The number of rotatable bonds is 6. The molecule has 2 unspecified atom stereocenters. The molecule has 0 bridgehead atoms. The quantitative estimate of drug-likeness (QED) is 0.297. The lowest BCUT2D eigenvalue weighted by Crippen LogP contribution is -2.61. The van der Waals surface area contributed by atoms with Crippen LogP contribution >= 0.6 is 35.0 Å². The molecule has 1 fully saturated rings. The lowest BCUT2D eigenvalue weighted by molar-refractivity contribution is -0.123. The number of piperazine rings is 1. The summed E-state index contributed by atoms with van der Waals surface area (Å²) in [6, 6.07) is 14.5. The first-order chi connectivity index (χ1) is 19.6. The smallest absolute Gasteiger partial charge is 0.327 e. The van der Waals surface area contributed by atoms with Crippen molar-refractivity contribution in [3.8, 4) is 5.88 Å². The first-order valence-corrected chi connectivity index (χ1v) is 15.1. The molecule has 12 heteroatoms. The van der Waals surface area contributed by atoms with Crippen LogP contribution in [0.2, 0.25) is 10.0 Å². The number of urea groups is 1. The highest BCUT2D eigenvalue weighted by Crippen LogP contribution is 2.53. The van der Waals surface area contributed by atoms with E-state index in [9.17, 15) is 9.59 Å². The lowest BCUT2D eigenvalue weighted by atomic mass is 9.71. The van der Waals surface area contributed by atoms with E-state index in [1.807, 2.05) is 51.3 Å². The summed E-state index contributed by atoms with van der Waals surface area (Å²) in [4.78, 5) is 44.6. The van der Waals surface area contributed by atoms with Gasteiger partial charge in [0, 0.05) is 29.3 Å². The zero-order valence-electron chi connectivity index (χ0n) is 23.1. The molecule has 3 amide bonds. The number of carbonyl (C=O) groups excluding carboxylic acids is 2. The van der Waals surface area contributed by atoms with E-state index in [2.05, 4.69) is 15.3 Å². The minimum atomic E-state index is -1.09. The Kier molecular flexibility index (Phi) is 8.18. The van der Waals surface area contributed by atoms with Gasteiger partial charge in [0.05, 0.1) is 12.2 Å². The molecule has 2 aromatic carbocycles. The Morgan fingerprint density at radius 2 is 1.71 bits per heavy atom. The number of hydrogen-bond acceptors (Lipinski definition) is 7. The molecule has 1 aromatic heterocycles. The summed E-state index contributed by atoms with van der Waals surface area (Å²) in [5.74, 6) is 0.434. The second-order valence-electron chi connectivity index (χ2n) is 9.99. The van der Waals surface area contributed by atoms with Crippen molar-refractivity contribution in [1.82, 2.24) is 25.1 Å². The summed E-state index contributed by atoms with van der Waals surface area (Å²) in [5, 5.41) is 4.47. The second kappa shape index (κ2) is 11.5. The van der Waals surface area contributed by atoms with Gasteiger partial charge in [0.15, 0.2) is 5.16 Å². The Hall–Kier alpha value is -3.34. The first-order valence-electron chi connectivity index (χ1n) is 13.1. The van der Waals surface area contributed by atoms with Crippen LogP contribution in [0.15, 0.2) is 64.9 Å². The van der Waals surface area contributed by atoms with Gasteiger partial charge in [-0.3, -0.25) is 14.7 Å². The number of amidine groups is 1. The van der Waals surface area contributed by atoms with Gasteiger partial charge in [0.1, 0.15) is 23.5 Å². The summed E-state index contributed by atoms with van der Waals surface area (Å²) < 4.78 is 5.97. The Balaban J connectivity index is 1.80. The topological polar surface area (TPSA) is 100 Å². The lowest BCUT2D eigenvalue weighted by Gasteiger charge is -2.46. The van der Waals surface area contributed by atoms with Crippen LogP contribution in [-0.4, -0.2) is 70.0 Å². The maximum Gasteiger partial charge on any atom is 0.327 e. The first kappa shape index (κ1) is 29.2. The van der Waals surface area contributed by atoms with Crippen LogP contribution in [0.4, 0.5) is 4.79 Å². The molecule has 3 heterocycles. The summed E-state index contributed by atoms with van der Waals surface area (Å²) >= 11 is 14.0. The SMILES string of the molecule is CCOc1nc(SC)ncc1C1=NC(C)(c2ccc(Cl)cc2)C(C)(c2ccc(Cl)cc2)N1C(=O)N1CCNC(=O)C1. The molecule has 5 rings (SSSR count). The number of halogens is 2. The number of thioether (sulfide) groups is 1. The monoisotopic (exact) mass is 612 g/mol. The van der Waals surface area contributed by atoms with Gasteiger partial charge in [0.2, 0.25) is 11.8 Å². The van der Waals surface area contributed by atoms with E-state index in [1.54, 1.807) is 35.4 Å². The van der Waals surface area contributed by atoms with E-state index in [0.29, 0.717) is 52.2 Å².